The number of benzene rings is 2. The number of hydrogen-bond acceptors (Lipinski definition) is 7. The summed E-state index contributed by atoms with van der Waals surface area (Å²) in [6.07, 6.45) is 0.460. The fourth-order valence-corrected chi connectivity index (χ4v) is 5.33. The fourth-order valence-electron chi connectivity index (χ4n) is 3.03. The van der Waals surface area contributed by atoms with Gasteiger partial charge < -0.3 is 4.98 Å². The van der Waals surface area contributed by atoms with Gasteiger partial charge in [-0.1, -0.05) is 77.5 Å². The maximum Gasteiger partial charge on any atom is 0.267 e. The predicted molar refractivity (Wildman–Crippen MR) is 116 cm³/mol. The lowest BCUT2D eigenvalue weighted by molar-refractivity contribution is 0.568. The molecule has 0 saturated heterocycles. The van der Waals surface area contributed by atoms with Gasteiger partial charge in [0, 0.05) is 23.9 Å². The van der Waals surface area contributed by atoms with E-state index >= 15 is 0 Å². The van der Waals surface area contributed by atoms with Crippen molar-refractivity contribution < 1.29 is 8.42 Å². The van der Waals surface area contributed by atoms with E-state index in [2.05, 4.69) is 20.5 Å². The van der Waals surface area contributed by atoms with E-state index in [9.17, 15) is 8.42 Å². The van der Waals surface area contributed by atoms with E-state index < -0.39 is 9.84 Å². The molecule has 0 saturated carbocycles. The molecule has 0 atom stereocenters. The van der Waals surface area contributed by atoms with E-state index in [0.29, 0.717) is 12.2 Å². The first-order valence-corrected chi connectivity index (χ1v) is 12.0. The molecule has 2 aromatic carbocycles. The molecular weight excluding hydrogens is 420 g/mol. The largest absolute Gasteiger partial charge is 0.332 e. The van der Waals surface area contributed by atoms with Crippen molar-refractivity contribution in [2.75, 3.05) is 11.5 Å². The Bertz CT molecular complexity index is 1160. The smallest absolute Gasteiger partial charge is 0.267 e. The standard InChI is InChI=1S/C20H20N6O2S2/c1-26-20(23-24-25-26)30(27,28)14-8-13-29-19-21-17(15-9-4-2-5-10-15)18(22-19)16-11-6-3-7-12-16/h2-7,9-12H,8,13-14H2,1H3,(H,21,22). The zero-order valence-corrected chi connectivity index (χ0v) is 17.9. The first kappa shape index (κ1) is 20.3. The van der Waals surface area contributed by atoms with Crippen molar-refractivity contribution >= 4 is 21.6 Å². The van der Waals surface area contributed by atoms with E-state index in [1.807, 2.05) is 60.7 Å². The number of aryl methyl sites for hydroxylation is 1. The fraction of sp³-hybridized carbons (Fsp3) is 0.200. The van der Waals surface area contributed by atoms with Gasteiger partial charge in [-0.2, -0.15) is 0 Å². The molecule has 0 aliphatic heterocycles. The van der Waals surface area contributed by atoms with Gasteiger partial charge in [-0.25, -0.2) is 18.1 Å². The Balaban J connectivity index is 1.49. The number of sulfone groups is 1. The van der Waals surface area contributed by atoms with Crippen LogP contribution in [0.15, 0.2) is 71.0 Å². The Morgan fingerprint density at radius 1 is 1.00 bits per heavy atom. The number of tetrazole rings is 1. The average Bonchev–Trinajstić information content (AvgIpc) is 3.39. The highest BCUT2D eigenvalue weighted by Crippen LogP contribution is 2.32. The van der Waals surface area contributed by atoms with Gasteiger partial charge in [-0.05, 0) is 16.8 Å². The number of nitrogens with zero attached hydrogens (tertiary/aromatic N) is 5. The van der Waals surface area contributed by atoms with Crippen molar-refractivity contribution in [1.82, 2.24) is 30.2 Å². The first-order chi connectivity index (χ1) is 14.5. The van der Waals surface area contributed by atoms with Crippen molar-refractivity contribution in [3.8, 4) is 22.5 Å². The molecule has 0 spiro atoms. The second kappa shape index (κ2) is 8.80. The molecule has 0 unspecified atom stereocenters. The van der Waals surface area contributed by atoms with E-state index in [4.69, 9.17) is 4.98 Å². The number of H-pyrrole nitrogens is 1. The molecule has 1 N–H and O–H groups in total. The lowest BCUT2D eigenvalue weighted by Gasteiger charge is -2.02. The first-order valence-electron chi connectivity index (χ1n) is 9.33. The summed E-state index contributed by atoms with van der Waals surface area (Å²) in [7, 11) is -1.99. The molecule has 0 radical (unpaired) electrons. The Hall–Kier alpha value is -2.98. The van der Waals surface area contributed by atoms with Gasteiger partial charge in [0.15, 0.2) is 5.16 Å². The van der Waals surface area contributed by atoms with E-state index in [0.717, 1.165) is 27.7 Å². The molecule has 0 aliphatic rings. The zero-order valence-electron chi connectivity index (χ0n) is 16.3. The topological polar surface area (TPSA) is 106 Å². The Kier molecular flexibility index (Phi) is 5.96. The molecule has 2 aromatic heterocycles. The summed E-state index contributed by atoms with van der Waals surface area (Å²) in [6, 6.07) is 20.0. The van der Waals surface area contributed by atoms with Gasteiger partial charge in [-0.15, -0.1) is 0 Å². The highest BCUT2D eigenvalue weighted by Gasteiger charge is 2.21. The van der Waals surface area contributed by atoms with Crippen molar-refractivity contribution in [2.24, 2.45) is 7.05 Å². The lowest BCUT2D eigenvalue weighted by Crippen LogP contribution is -2.13. The molecule has 4 aromatic rings. The summed E-state index contributed by atoms with van der Waals surface area (Å²) >= 11 is 1.50. The van der Waals surface area contributed by atoms with Crippen LogP contribution in [0.25, 0.3) is 22.5 Å². The summed E-state index contributed by atoms with van der Waals surface area (Å²) in [4.78, 5) is 8.17. The van der Waals surface area contributed by atoms with Crippen molar-refractivity contribution in [2.45, 2.75) is 16.7 Å². The van der Waals surface area contributed by atoms with Gasteiger partial charge in [0.2, 0.25) is 9.84 Å². The number of hydrogen-bond donors (Lipinski definition) is 1. The SMILES string of the molecule is Cn1nnnc1S(=O)(=O)CCCSc1nc(-c2ccccc2)c(-c2ccccc2)[nH]1. The monoisotopic (exact) mass is 440 g/mol. The molecule has 0 bridgehead atoms. The summed E-state index contributed by atoms with van der Waals surface area (Å²) in [5.74, 6) is 0.576. The number of imidazole rings is 1. The van der Waals surface area contributed by atoms with Crippen LogP contribution in [0, 0.1) is 0 Å². The van der Waals surface area contributed by atoms with Crippen molar-refractivity contribution in [3.63, 3.8) is 0 Å². The number of aromatic nitrogens is 6. The second-order valence-electron chi connectivity index (χ2n) is 6.60. The Morgan fingerprint density at radius 3 is 2.30 bits per heavy atom. The van der Waals surface area contributed by atoms with E-state index in [-0.39, 0.29) is 10.9 Å². The molecule has 2 heterocycles. The summed E-state index contributed by atoms with van der Waals surface area (Å²) in [6.45, 7) is 0. The van der Waals surface area contributed by atoms with E-state index in [1.54, 1.807) is 0 Å². The van der Waals surface area contributed by atoms with Crippen molar-refractivity contribution in [3.05, 3.63) is 60.7 Å². The van der Waals surface area contributed by atoms with Crippen molar-refractivity contribution in [1.29, 1.82) is 0 Å². The van der Waals surface area contributed by atoms with Crippen LogP contribution >= 0.6 is 11.8 Å². The van der Waals surface area contributed by atoms with Gasteiger partial charge in [0.1, 0.15) is 0 Å². The van der Waals surface area contributed by atoms with Crippen LogP contribution in [0.3, 0.4) is 0 Å². The molecule has 0 amide bonds. The molecule has 8 nitrogen and oxygen atoms in total. The quantitative estimate of drug-likeness (QED) is 0.331. The molecule has 4 rings (SSSR count). The molecular formula is C20H20N6O2S2. The molecule has 154 valence electrons. The third-order valence-corrected chi connectivity index (χ3v) is 7.14. The van der Waals surface area contributed by atoms with Gasteiger partial charge in [-0.3, -0.25) is 0 Å². The van der Waals surface area contributed by atoms with Crippen LogP contribution < -0.4 is 0 Å². The third kappa shape index (κ3) is 4.44. The normalized spacial score (nSPS) is 11.6. The highest BCUT2D eigenvalue weighted by molar-refractivity contribution is 7.99. The van der Waals surface area contributed by atoms with Gasteiger partial charge in [0.25, 0.3) is 5.16 Å². The number of rotatable bonds is 8. The van der Waals surface area contributed by atoms with Gasteiger partial charge >= 0.3 is 0 Å². The maximum absolute atomic E-state index is 12.4. The zero-order chi connectivity index (χ0) is 21.0. The molecule has 10 heteroatoms. The minimum absolute atomic E-state index is 0.0218. The molecule has 0 fully saturated rings. The predicted octanol–water partition coefficient (Wildman–Crippen LogP) is 3.22. The molecule has 0 aliphatic carbocycles. The van der Waals surface area contributed by atoms with Crippen LogP contribution in [0.5, 0.6) is 0 Å². The van der Waals surface area contributed by atoms with Crippen LogP contribution in [0.4, 0.5) is 0 Å². The lowest BCUT2D eigenvalue weighted by atomic mass is 10.1. The maximum atomic E-state index is 12.4. The minimum atomic E-state index is -3.51. The van der Waals surface area contributed by atoms with Crippen LogP contribution in [-0.2, 0) is 16.9 Å². The highest BCUT2D eigenvalue weighted by atomic mass is 32.2. The summed E-state index contributed by atoms with van der Waals surface area (Å²) in [5, 5.41) is 11.2. The van der Waals surface area contributed by atoms with Gasteiger partial charge in [0.05, 0.1) is 17.1 Å². The van der Waals surface area contributed by atoms with Crippen LogP contribution in [0.2, 0.25) is 0 Å². The molecule has 30 heavy (non-hydrogen) atoms. The summed E-state index contributed by atoms with van der Waals surface area (Å²) < 4.78 is 25.9. The van der Waals surface area contributed by atoms with Crippen LogP contribution in [-0.4, -0.2) is 50.1 Å². The number of thioether (sulfide) groups is 1. The third-order valence-electron chi connectivity index (χ3n) is 4.45. The number of aromatic amines is 1. The Labute approximate surface area is 178 Å². The number of nitrogens with one attached hydrogen (secondary N) is 1. The van der Waals surface area contributed by atoms with Crippen LogP contribution in [0.1, 0.15) is 6.42 Å². The summed E-state index contributed by atoms with van der Waals surface area (Å²) in [5.41, 5.74) is 3.90. The Morgan fingerprint density at radius 2 is 1.67 bits per heavy atom. The van der Waals surface area contributed by atoms with E-state index in [1.165, 1.54) is 23.5 Å². The minimum Gasteiger partial charge on any atom is -0.332 e. The average molecular weight is 441 g/mol. The second-order valence-corrected chi connectivity index (χ2v) is 9.69.